The van der Waals surface area contributed by atoms with Gasteiger partial charge in [-0.05, 0) is 49.1 Å². The van der Waals surface area contributed by atoms with Crippen LogP contribution in [0.3, 0.4) is 0 Å². The molecule has 2 aromatic carbocycles. The lowest BCUT2D eigenvalue weighted by atomic mass is 9.79. The molecule has 3 aliphatic heterocycles. The van der Waals surface area contributed by atoms with Gasteiger partial charge in [-0.3, -0.25) is 19.0 Å². The van der Waals surface area contributed by atoms with E-state index in [0.29, 0.717) is 75.3 Å². The molecule has 3 saturated heterocycles. The molecule has 0 radical (unpaired) electrons. The summed E-state index contributed by atoms with van der Waals surface area (Å²) in [5.74, 6) is -0.383. The van der Waals surface area contributed by atoms with Crippen molar-refractivity contribution >= 4 is 28.5 Å². The summed E-state index contributed by atoms with van der Waals surface area (Å²) in [5.41, 5.74) is 2.04. The molecular weight excluding hydrogens is 596 g/mol. The van der Waals surface area contributed by atoms with Crippen LogP contribution in [0.4, 0.5) is 5.69 Å². The van der Waals surface area contributed by atoms with Gasteiger partial charge in [0.1, 0.15) is 12.0 Å². The van der Waals surface area contributed by atoms with Gasteiger partial charge in [-0.25, -0.2) is 4.98 Å². The number of fused-ring (bicyclic) bond motifs is 1. The van der Waals surface area contributed by atoms with Crippen LogP contribution in [0.2, 0.25) is 0 Å². The van der Waals surface area contributed by atoms with E-state index in [2.05, 4.69) is 9.88 Å². The van der Waals surface area contributed by atoms with E-state index in [9.17, 15) is 19.5 Å². The van der Waals surface area contributed by atoms with Gasteiger partial charge in [-0.2, -0.15) is 0 Å². The highest BCUT2D eigenvalue weighted by atomic mass is 16.5. The molecule has 2 atom stereocenters. The van der Waals surface area contributed by atoms with Crippen molar-refractivity contribution in [1.82, 2.24) is 23.9 Å². The van der Waals surface area contributed by atoms with Crippen molar-refractivity contribution in [2.24, 2.45) is 13.0 Å². The van der Waals surface area contributed by atoms with Gasteiger partial charge in [0.05, 0.1) is 30.7 Å². The third-order valence-corrected chi connectivity index (χ3v) is 10.2. The maximum Gasteiger partial charge on any atom is 0.262 e. The second kappa shape index (κ2) is 13.0. The van der Waals surface area contributed by atoms with Crippen LogP contribution in [0.1, 0.15) is 41.1 Å². The Morgan fingerprint density at radius 3 is 2.49 bits per heavy atom. The first-order chi connectivity index (χ1) is 22.8. The SMILES string of the molecule is Cn1ccc2c(=O)n(CC3(O)CCN(C(=O)[C@@H]4CCN(C(=O)c5cccc(N6CCOCC6)c5)C[C@H]4c4ccccc4)CC3)cnc21. The molecule has 11 nitrogen and oxygen atoms in total. The van der Waals surface area contributed by atoms with Crippen LogP contribution in [-0.2, 0) is 23.1 Å². The Bertz CT molecular complexity index is 1810. The third-order valence-electron chi connectivity index (χ3n) is 10.2. The topological polar surface area (TPSA) is 113 Å². The highest BCUT2D eigenvalue weighted by Gasteiger charge is 2.41. The lowest BCUT2D eigenvalue weighted by Gasteiger charge is -2.43. The summed E-state index contributed by atoms with van der Waals surface area (Å²) in [5, 5.41) is 12.0. The molecule has 2 amide bonds. The van der Waals surface area contributed by atoms with Gasteiger partial charge >= 0.3 is 0 Å². The monoisotopic (exact) mass is 638 g/mol. The zero-order valence-corrected chi connectivity index (χ0v) is 26.8. The molecule has 3 fully saturated rings. The van der Waals surface area contributed by atoms with Gasteiger partial charge in [0.2, 0.25) is 5.91 Å². The fourth-order valence-electron chi connectivity index (χ4n) is 7.46. The number of aryl methyl sites for hydroxylation is 1. The van der Waals surface area contributed by atoms with E-state index in [1.807, 2.05) is 71.4 Å². The minimum atomic E-state index is -1.12. The normalized spacial score (nSPS) is 21.6. The second-order valence-corrected chi connectivity index (χ2v) is 13.2. The number of amides is 2. The highest BCUT2D eigenvalue weighted by Crippen LogP contribution is 2.36. The lowest BCUT2D eigenvalue weighted by molar-refractivity contribution is -0.142. The molecule has 5 heterocycles. The molecule has 11 heteroatoms. The Kier molecular flexibility index (Phi) is 8.59. The van der Waals surface area contributed by atoms with E-state index >= 15 is 0 Å². The predicted molar refractivity (Wildman–Crippen MR) is 178 cm³/mol. The number of morpholine rings is 1. The Balaban J connectivity index is 1.04. The van der Waals surface area contributed by atoms with Crippen LogP contribution in [0.15, 0.2) is 78.0 Å². The number of carbonyl (C=O) groups is 2. The Hall–Kier alpha value is -4.48. The number of anilines is 1. The van der Waals surface area contributed by atoms with E-state index in [0.717, 1.165) is 24.3 Å². The van der Waals surface area contributed by atoms with Gasteiger partial charge in [0, 0.05) is 75.6 Å². The number of nitrogens with zero attached hydrogens (tertiary/aromatic N) is 6. The summed E-state index contributed by atoms with van der Waals surface area (Å²) in [6, 6.07) is 19.6. The molecule has 0 saturated carbocycles. The maximum atomic E-state index is 14.1. The number of carbonyl (C=O) groups excluding carboxylic acids is 2. The van der Waals surface area contributed by atoms with E-state index in [4.69, 9.17) is 4.74 Å². The zero-order valence-electron chi connectivity index (χ0n) is 26.8. The van der Waals surface area contributed by atoms with E-state index in [1.54, 1.807) is 16.8 Å². The molecule has 3 aliphatic rings. The molecule has 0 unspecified atom stereocenters. The Morgan fingerprint density at radius 2 is 1.72 bits per heavy atom. The Labute approximate surface area is 274 Å². The highest BCUT2D eigenvalue weighted by molar-refractivity contribution is 5.95. The minimum absolute atomic E-state index is 0.0200. The molecule has 4 aromatic rings. The molecule has 0 bridgehead atoms. The van der Waals surface area contributed by atoms with E-state index < -0.39 is 5.60 Å². The van der Waals surface area contributed by atoms with Crippen LogP contribution in [0.25, 0.3) is 11.0 Å². The second-order valence-electron chi connectivity index (χ2n) is 13.2. The first-order valence-corrected chi connectivity index (χ1v) is 16.6. The predicted octanol–water partition coefficient (Wildman–Crippen LogP) is 2.87. The average molecular weight is 639 g/mol. The molecule has 0 aliphatic carbocycles. The van der Waals surface area contributed by atoms with Crippen molar-refractivity contribution in [2.45, 2.75) is 37.3 Å². The fourth-order valence-corrected chi connectivity index (χ4v) is 7.46. The fraction of sp³-hybridized carbons (Fsp3) is 0.444. The molecule has 7 rings (SSSR count). The smallest absolute Gasteiger partial charge is 0.262 e. The number of aromatic nitrogens is 3. The number of likely N-dealkylation sites (tertiary alicyclic amines) is 2. The van der Waals surface area contributed by atoms with E-state index in [1.165, 1.54) is 10.9 Å². The average Bonchev–Trinajstić information content (AvgIpc) is 3.50. The number of ether oxygens (including phenoxy) is 1. The molecular formula is C36H42N6O5. The number of hydrogen-bond donors (Lipinski definition) is 1. The quantitative estimate of drug-likeness (QED) is 0.346. The molecule has 246 valence electrons. The molecule has 47 heavy (non-hydrogen) atoms. The van der Waals surface area contributed by atoms with Gasteiger partial charge < -0.3 is 29.1 Å². The molecule has 2 aromatic heterocycles. The number of piperidine rings is 2. The van der Waals surface area contributed by atoms with Crippen molar-refractivity contribution in [3.05, 3.63) is 94.7 Å². The maximum absolute atomic E-state index is 14.1. The zero-order chi connectivity index (χ0) is 32.5. The largest absolute Gasteiger partial charge is 0.388 e. The lowest BCUT2D eigenvalue weighted by Crippen LogP contribution is -2.53. The first kappa shape index (κ1) is 31.1. The van der Waals surface area contributed by atoms with Gasteiger partial charge in [0.15, 0.2) is 0 Å². The summed E-state index contributed by atoms with van der Waals surface area (Å²) < 4.78 is 8.78. The van der Waals surface area contributed by atoms with Gasteiger partial charge in [-0.15, -0.1) is 0 Å². The van der Waals surface area contributed by atoms with Crippen molar-refractivity contribution in [1.29, 1.82) is 0 Å². The summed E-state index contributed by atoms with van der Waals surface area (Å²) in [6.07, 6.45) is 4.59. The van der Waals surface area contributed by atoms with Crippen LogP contribution >= 0.6 is 0 Å². The minimum Gasteiger partial charge on any atom is -0.388 e. The van der Waals surface area contributed by atoms with Gasteiger partial charge in [-0.1, -0.05) is 36.4 Å². The van der Waals surface area contributed by atoms with Crippen LogP contribution in [-0.4, -0.2) is 98.9 Å². The van der Waals surface area contributed by atoms with Crippen LogP contribution < -0.4 is 10.5 Å². The summed E-state index contributed by atoms with van der Waals surface area (Å²) in [4.78, 5) is 51.4. The summed E-state index contributed by atoms with van der Waals surface area (Å²) in [7, 11) is 1.84. The summed E-state index contributed by atoms with van der Waals surface area (Å²) >= 11 is 0. The summed E-state index contributed by atoms with van der Waals surface area (Å²) in [6.45, 7) is 4.84. The van der Waals surface area contributed by atoms with Crippen molar-refractivity contribution in [2.75, 3.05) is 57.4 Å². The van der Waals surface area contributed by atoms with Gasteiger partial charge in [0.25, 0.3) is 11.5 Å². The standard InChI is InChI=1S/C36H42N6O5/c1-38-14-10-30-32(38)37-25-42(35(30)45)24-36(46)12-16-40(17-13-36)34(44)29-11-15-41(23-31(29)26-6-3-2-4-7-26)33(43)27-8-5-9-28(22-27)39-18-20-47-21-19-39/h2-10,14,22,25,29,31,46H,11-13,15-21,23-24H2,1H3/t29-,31+/m1/s1. The third kappa shape index (κ3) is 6.29. The number of hydrogen-bond acceptors (Lipinski definition) is 7. The molecule has 0 spiro atoms. The van der Waals surface area contributed by atoms with Crippen LogP contribution in [0, 0.1) is 5.92 Å². The van der Waals surface area contributed by atoms with Crippen molar-refractivity contribution < 1.29 is 19.4 Å². The van der Waals surface area contributed by atoms with E-state index in [-0.39, 0.29) is 35.8 Å². The first-order valence-electron chi connectivity index (χ1n) is 16.6. The number of aliphatic hydroxyl groups is 1. The number of rotatable bonds is 6. The van der Waals surface area contributed by atoms with Crippen LogP contribution in [0.5, 0.6) is 0 Å². The Morgan fingerprint density at radius 1 is 0.957 bits per heavy atom. The van der Waals surface area contributed by atoms with Crippen molar-refractivity contribution in [3.8, 4) is 0 Å². The number of benzene rings is 2. The van der Waals surface area contributed by atoms with Crippen molar-refractivity contribution in [3.63, 3.8) is 0 Å². The molecule has 1 N–H and O–H groups in total.